The van der Waals surface area contributed by atoms with Gasteiger partial charge in [0.2, 0.25) is 22.4 Å². The van der Waals surface area contributed by atoms with E-state index in [-0.39, 0.29) is 28.5 Å². The summed E-state index contributed by atoms with van der Waals surface area (Å²) in [6.45, 7) is 3.39. The predicted molar refractivity (Wildman–Crippen MR) is 82.6 cm³/mol. The van der Waals surface area contributed by atoms with Gasteiger partial charge in [0.15, 0.2) is 0 Å². The number of hydrogen-bond donors (Lipinski definition) is 2. The first kappa shape index (κ1) is 15.5. The number of anilines is 2. The Morgan fingerprint density at radius 1 is 1.19 bits per heavy atom. The van der Waals surface area contributed by atoms with E-state index in [0.29, 0.717) is 0 Å². The third-order valence-corrected chi connectivity index (χ3v) is 2.97. The molecule has 1 aromatic heterocycles. The van der Waals surface area contributed by atoms with Gasteiger partial charge < -0.3 is 10.6 Å². The lowest BCUT2D eigenvalue weighted by Gasteiger charge is -2.15. The predicted octanol–water partition coefficient (Wildman–Crippen LogP) is 3.31. The summed E-state index contributed by atoms with van der Waals surface area (Å²) in [5.74, 6) is 0.168. The fourth-order valence-corrected chi connectivity index (χ4v) is 2.12. The minimum absolute atomic E-state index is 0.0247. The van der Waals surface area contributed by atoms with Gasteiger partial charge in [0.25, 0.3) is 0 Å². The average Bonchev–Trinajstić information content (AvgIpc) is 2.36. The molecule has 6 nitrogen and oxygen atoms in total. The van der Waals surface area contributed by atoms with Crippen molar-refractivity contribution in [2.45, 2.75) is 19.9 Å². The first-order chi connectivity index (χ1) is 9.94. The molecular weight excluding hydrogens is 313 g/mol. The smallest absolute Gasteiger partial charge is 0.228 e. The molecule has 1 heterocycles. The summed E-state index contributed by atoms with van der Waals surface area (Å²) >= 11 is 11.5. The Kier molecular flexibility index (Phi) is 4.93. The van der Waals surface area contributed by atoms with Crippen molar-refractivity contribution in [3.63, 3.8) is 0 Å². The quantitative estimate of drug-likeness (QED) is 0.901. The summed E-state index contributed by atoms with van der Waals surface area (Å²) < 4.78 is 0. The lowest BCUT2D eigenvalue weighted by molar-refractivity contribution is -0.114. The van der Waals surface area contributed by atoms with E-state index < -0.39 is 0 Å². The summed E-state index contributed by atoms with van der Waals surface area (Å²) in [6.07, 6.45) is 0. The van der Waals surface area contributed by atoms with Crippen LogP contribution in [0.5, 0.6) is 0 Å². The maximum atomic E-state index is 11.1. The second-order valence-corrected chi connectivity index (χ2v) is 5.05. The number of benzene rings is 1. The lowest BCUT2D eigenvalue weighted by atomic mass is 10.1. The highest BCUT2D eigenvalue weighted by molar-refractivity contribution is 6.31. The van der Waals surface area contributed by atoms with E-state index in [0.717, 1.165) is 11.3 Å². The lowest BCUT2D eigenvalue weighted by Crippen LogP contribution is -2.11. The molecule has 110 valence electrons. The van der Waals surface area contributed by atoms with Crippen LogP contribution >= 0.6 is 23.2 Å². The molecular formula is C13H13Cl2N5O. The molecule has 2 aromatic rings. The summed E-state index contributed by atoms with van der Waals surface area (Å²) in [7, 11) is 0. The number of carbonyl (C=O) groups excluding carboxylic acids is 1. The molecule has 21 heavy (non-hydrogen) atoms. The van der Waals surface area contributed by atoms with Crippen LogP contribution < -0.4 is 10.6 Å². The Balaban J connectivity index is 2.16. The third kappa shape index (κ3) is 4.54. The summed E-state index contributed by atoms with van der Waals surface area (Å²) in [5, 5.41) is 5.86. The van der Waals surface area contributed by atoms with Crippen LogP contribution in [-0.2, 0) is 4.79 Å². The molecule has 1 unspecified atom stereocenters. The molecule has 0 aliphatic heterocycles. The Hall–Kier alpha value is -1.92. The molecule has 0 aliphatic carbocycles. The maximum absolute atomic E-state index is 11.1. The van der Waals surface area contributed by atoms with Crippen molar-refractivity contribution in [1.82, 2.24) is 15.0 Å². The zero-order chi connectivity index (χ0) is 15.4. The Bertz CT molecular complexity index is 645. The number of halogens is 2. The Morgan fingerprint density at radius 3 is 2.48 bits per heavy atom. The van der Waals surface area contributed by atoms with Gasteiger partial charge in [-0.2, -0.15) is 15.0 Å². The second-order valence-electron chi connectivity index (χ2n) is 4.37. The van der Waals surface area contributed by atoms with E-state index in [9.17, 15) is 4.79 Å². The van der Waals surface area contributed by atoms with Crippen LogP contribution in [0.15, 0.2) is 24.3 Å². The van der Waals surface area contributed by atoms with Gasteiger partial charge in [-0.05, 0) is 47.8 Å². The Labute approximate surface area is 131 Å². The Morgan fingerprint density at radius 2 is 1.86 bits per heavy atom. The van der Waals surface area contributed by atoms with Gasteiger partial charge >= 0.3 is 0 Å². The zero-order valence-electron chi connectivity index (χ0n) is 11.4. The summed E-state index contributed by atoms with van der Waals surface area (Å²) in [5.41, 5.74) is 1.68. The van der Waals surface area contributed by atoms with Crippen molar-refractivity contribution in [2.24, 2.45) is 0 Å². The highest BCUT2D eigenvalue weighted by Gasteiger charge is 2.10. The minimum atomic E-state index is -0.121. The molecule has 0 radical (unpaired) electrons. The van der Waals surface area contributed by atoms with Gasteiger partial charge in [-0.3, -0.25) is 4.79 Å². The van der Waals surface area contributed by atoms with E-state index in [2.05, 4.69) is 25.6 Å². The molecule has 1 atom stereocenters. The second kappa shape index (κ2) is 6.69. The summed E-state index contributed by atoms with van der Waals surface area (Å²) in [4.78, 5) is 22.7. The first-order valence-corrected chi connectivity index (χ1v) is 6.91. The highest BCUT2D eigenvalue weighted by Crippen LogP contribution is 2.21. The average molecular weight is 326 g/mol. The molecule has 0 saturated carbocycles. The van der Waals surface area contributed by atoms with Gasteiger partial charge in [-0.1, -0.05) is 12.1 Å². The molecule has 0 aliphatic rings. The summed E-state index contributed by atoms with van der Waals surface area (Å²) in [6, 6.07) is 7.35. The largest absolute Gasteiger partial charge is 0.348 e. The number of hydrogen-bond acceptors (Lipinski definition) is 5. The van der Waals surface area contributed by atoms with Crippen molar-refractivity contribution in [3.8, 4) is 0 Å². The molecule has 1 aromatic carbocycles. The minimum Gasteiger partial charge on any atom is -0.348 e. The fraction of sp³-hybridized carbons (Fsp3) is 0.231. The van der Waals surface area contributed by atoms with Gasteiger partial charge in [0, 0.05) is 12.6 Å². The molecule has 2 N–H and O–H groups in total. The van der Waals surface area contributed by atoms with E-state index in [4.69, 9.17) is 23.2 Å². The van der Waals surface area contributed by atoms with Gasteiger partial charge in [-0.25, -0.2) is 0 Å². The van der Waals surface area contributed by atoms with Gasteiger partial charge in [0.1, 0.15) is 0 Å². The number of aromatic nitrogens is 3. The first-order valence-electron chi connectivity index (χ1n) is 6.15. The van der Waals surface area contributed by atoms with Gasteiger partial charge in [0.05, 0.1) is 6.04 Å². The highest BCUT2D eigenvalue weighted by atomic mass is 35.5. The van der Waals surface area contributed by atoms with Crippen LogP contribution in [0, 0.1) is 0 Å². The molecule has 0 spiro atoms. The normalized spacial score (nSPS) is 11.8. The van der Waals surface area contributed by atoms with Crippen LogP contribution in [0.4, 0.5) is 11.6 Å². The van der Waals surface area contributed by atoms with Crippen molar-refractivity contribution in [1.29, 1.82) is 0 Å². The van der Waals surface area contributed by atoms with Gasteiger partial charge in [-0.15, -0.1) is 0 Å². The van der Waals surface area contributed by atoms with Crippen molar-refractivity contribution < 1.29 is 4.79 Å². The number of nitrogens with one attached hydrogen (secondary N) is 2. The molecule has 0 saturated heterocycles. The molecule has 2 rings (SSSR count). The molecule has 0 bridgehead atoms. The van der Waals surface area contributed by atoms with E-state index >= 15 is 0 Å². The van der Waals surface area contributed by atoms with Crippen LogP contribution in [-0.4, -0.2) is 20.9 Å². The topological polar surface area (TPSA) is 79.8 Å². The van der Waals surface area contributed by atoms with Crippen molar-refractivity contribution in [2.75, 3.05) is 10.6 Å². The van der Waals surface area contributed by atoms with Crippen LogP contribution in [0.1, 0.15) is 25.5 Å². The molecule has 0 fully saturated rings. The third-order valence-electron chi connectivity index (χ3n) is 2.63. The molecule has 1 amide bonds. The number of nitrogens with zero attached hydrogens (tertiary/aromatic N) is 3. The van der Waals surface area contributed by atoms with E-state index in [1.165, 1.54) is 6.92 Å². The van der Waals surface area contributed by atoms with Crippen LogP contribution in [0.2, 0.25) is 10.6 Å². The zero-order valence-corrected chi connectivity index (χ0v) is 12.9. The maximum Gasteiger partial charge on any atom is 0.228 e. The fourth-order valence-electron chi connectivity index (χ4n) is 1.76. The van der Waals surface area contributed by atoms with Crippen molar-refractivity contribution >= 4 is 40.7 Å². The van der Waals surface area contributed by atoms with Crippen molar-refractivity contribution in [3.05, 3.63) is 40.4 Å². The number of rotatable bonds is 4. The van der Waals surface area contributed by atoms with Crippen LogP contribution in [0.3, 0.4) is 0 Å². The monoisotopic (exact) mass is 325 g/mol. The van der Waals surface area contributed by atoms with Crippen LogP contribution in [0.25, 0.3) is 0 Å². The standard InChI is InChI=1S/C13H13Cl2N5O/c1-7(16-13-19-11(14)18-12(15)20-13)9-4-3-5-10(6-9)17-8(2)21/h3-7H,1-2H3,(H,17,21)(H,16,18,19,20). The number of amides is 1. The van der Waals surface area contributed by atoms with E-state index in [1.54, 1.807) is 0 Å². The molecule has 8 heteroatoms. The van der Waals surface area contributed by atoms with E-state index in [1.807, 2.05) is 31.2 Å². The number of carbonyl (C=O) groups is 1. The SMILES string of the molecule is CC(=O)Nc1cccc(C(C)Nc2nc(Cl)nc(Cl)n2)c1.